The van der Waals surface area contributed by atoms with E-state index in [-0.39, 0.29) is 24.6 Å². The van der Waals surface area contributed by atoms with Crippen molar-refractivity contribution in [1.82, 2.24) is 4.98 Å². The van der Waals surface area contributed by atoms with Gasteiger partial charge in [-0.05, 0) is 43.7 Å². The monoisotopic (exact) mass is 334 g/mol. The first-order chi connectivity index (χ1) is 11.4. The third-order valence-electron chi connectivity index (χ3n) is 3.83. The summed E-state index contributed by atoms with van der Waals surface area (Å²) in [6.45, 7) is 9.05. The van der Waals surface area contributed by atoms with Gasteiger partial charge >= 0.3 is 5.97 Å². The summed E-state index contributed by atoms with van der Waals surface area (Å²) < 4.78 is 10.5. The van der Waals surface area contributed by atoms with Crippen LogP contribution in [0.25, 0.3) is 0 Å². The maximum atomic E-state index is 11.8. The molecule has 0 radical (unpaired) electrons. The molecule has 0 aliphatic heterocycles. The molecule has 0 bridgehead atoms. The number of carbonyl (C=O) groups excluding carboxylic acids is 1. The number of aromatic nitrogens is 1. The van der Waals surface area contributed by atoms with Crippen LogP contribution in [-0.2, 0) is 20.7 Å². The number of nitrogens with zero attached hydrogens (tertiary/aromatic N) is 1. The van der Waals surface area contributed by atoms with Crippen molar-refractivity contribution in [2.24, 2.45) is 5.92 Å². The molecule has 24 heavy (non-hydrogen) atoms. The van der Waals surface area contributed by atoms with E-state index in [4.69, 9.17) is 14.7 Å². The smallest absolute Gasteiger partial charge is 0.306 e. The average Bonchev–Trinajstić information content (AvgIpc) is 2.50. The third kappa shape index (κ3) is 6.17. The fourth-order valence-electron chi connectivity index (χ4n) is 2.36. The Bertz CT molecular complexity index is 656. The van der Waals surface area contributed by atoms with Gasteiger partial charge in [0.05, 0.1) is 6.61 Å². The van der Waals surface area contributed by atoms with Gasteiger partial charge in [-0.15, -0.1) is 0 Å². The van der Waals surface area contributed by atoms with Crippen LogP contribution in [0, 0.1) is 31.1 Å². The van der Waals surface area contributed by atoms with Gasteiger partial charge < -0.3 is 14.5 Å². The lowest BCUT2D eigenvalue weighted by molar-refractivity contribution is -0.145. The number of rotatable bonds is 9. The van der Waals surface area contributed by atoms with Crippen molar-refractivity contribution in [3.8, 4) is 6.07 Å². The van der Waals surface area contributed by atoms with E-state index in [1.165, 1.54) is 0 Å². The zero-order valence-corrected chi connectivity index (χ0v) is 14.9. The molecule has 132 valence electrons. The Morgan fingerprint density at radius 1 is 1.25 bits per heavy atom. The molecule has 0 atom stereocenters. The van der Waals surface area contributed by atoms with Crippen molar-refractivity contribution in [1.29, 1.82) is 5.26 Å². The molecule has 0 amide bonds. The lowest BCUT2D eigenvalue weighted by Gasteiger charge is -2.11. The van der Waals surface area contributed by atoms with Gasteiger partial charge in [0.2, 0.25) is 0 Å². The molecule has 0 saturated heterocycles. The van der Waals surface area contributed by atoms with E-state index < -0.39 is 5.56 Å². The second-order valence-corrected chi connectivity index (χ2v) is 6.18. The highest BCUT2D eigenvalue weighted by molar-refractivity contribution is 5.69. The molecule has 1 heterocycles. The highest BCUT2D eigenvalue weighted by Gasteiger charge is 2.13. The SMILES string of the molecule is Cc1[nH]c(=O)c(C#N)c(C)c1CCC(=O)OCCOCCC(C)C. The number of ether oxygens (including phenoxy) is 2. The second kappa shape index (κ2) is 9.89. The number of carbonyl (C=O) groups is 1. The van der Waals surface area contributed by atoms with E-state index in [9.17, 15) is 9.59 Å². The van der Waals surface area contributed by atoms with Gasteiger partial charge in [-0.1, -0.05) is 13.8 Å². The van der Waals surface area contributed by atoms with Gasteiger partial charge in [-0.25, -0.2) is 0 Å². The van der Waals surface area contributed by atoms with Crippen LogP contribution in [0.1, 0.15) is 49.1 Å². The molecular formula is C18H26N2O4. The van der Waals surface area contributed by atoms with Gasteiger partial charge in [-0.2, -0.15) is 5.26 Å². The molecule has 1 N–H and O–H groups in total. The number of nitrogens with one attached hydrogen (secondary N) is 1. The molecular weight excluding hydrogens is 308 g/mol. The topological polar surface area (TPSA) is 92.2 Å². The van der Waals surface area contributed by atoms with E-state index in [0.29, 0.717) is 36.8 Å². The van der Waals surface area contributed by atoms with Crippen molar-refractivity contribution in [2.45, 2.75) is 47.0 Å². The Labute approximate surface area is 142 Å². The summed E-state index contributed by atoms with van der Waals surface area (Å²) in [4.78, 5) is 26.1. The van der Waals surface area contributed by atoms with Crippen molar-refractivity contribution in [2.75, 3.05) is 19.8 Å². The lowest BCUT2D eigenvalue weighted by atomic mass is 9.99. The average molecular weight is 334 g/mol. The normalized spacial score (nSPS) is 10.7. The first-order valence-electron chi connectivity index (χ1n) is 8.22. The summed E-state index contributed by atoms with van der Waals surface area (Å²) in [5.74, 6) is 0.278. The van der Waals surface area contributed by atoms with Crippen molar-refractivity contribution in [3.63, 3.8) is 0 Å². The number of nitriles is 1. The largest absolute Gasteiger partial charge is 0.463 e. The summed E-state index contributed by atoms with van der Waals surface area (Å²) in [6.07, 6.45) is 1.61. The fraction of sp³-hybridized carbons (Fsp3) is 0.611. The second-order valence-electron chi connectivity index (χ2n) is 6.18. The molecule has 0 unspecified atom stereocenters. The van der Waals surface area contributed by atoms with Crippen LogP contribution in [0.15, 0.2) is 4.79 Å². The molecule has 6 heteroatoms. The van der Waals surface area contributed by atoms with Gasteiger partial charge in [0.15, 0.2) is 0 Å². The van der Waals surface area contributed by atoms with Crippen molar-refractivity contribution < 1.29 is 14.3 Å². The Hall–Kier alpha value is -2.13. The van der Waals surface area contributed by atoms with Crippen LogP contribution in [0.2, 0.25) is 0 Å². The summed E-state index contributed by atoms with van der Waals surface area (Å²) in [5.41, 5.74) is 1.83. The zero-order valence-electron chi connectivity index (χ0n) is 14.9. The fourth-order valence-corrected chi connectivity index (χ4v) is 2.36. The minimum atomic E-state index is -0.391. The molecule has 1 aromatic rings. The Morgan fingerprint density at radius 2 is 1.96 bits per heavy atom. The van der Waals surface area contributed by atoms with E-state index in [0.717, 1.165) is 12.0 Å². The summed E-state index contributed by atoms with van der Waals surface area (Å²) in [7, 11) is 0. The first kappa shape index (κ1) is 19.9. The number of aryl methyl sites for hydroxylation is 1. The molecule has 0 saturated carbocycles. The predicted molar refractivity (Wildman–Crippen MR) is 90.8 cm³/mol. The van der Waals surface area contributed by atoms with Crippen LogP contribution in [0.4, 0.5) is 0 Å². The Kier molecular flexibility index (Phi) is 8.20. The number of hydrogen-bond donors (Lipinski definition) is 1. The van der Waals surface area contributed by atoms with E-state index in [1.807, 2.05) is 6.07 Å². The van der Waals surface area contributed by atoms with Gasteiger partial charge in [-0.3, -0.25) is 9.59 Å². The summed E-state index contributed by atoms with van der Waals surface area (Å²) in [6, 6.07) is 1.90. The summed E-state index contributed by atoms with van der Waals surface area (Å²) >= 11 is 0. The van der Waals surface area contributed by atoms with E-state index in [1.54, 1.807) is 13.8 Å². The first-order valence-corrected chi connectivity index (χ1v) is 8.22. The van der Waals surface area contributed by atoms with Gasteiger partial charge in [0, 0.05) is 18.7 Å². The standard InChI is InChI=1S/C18H26N2O4/c1-12(2)7-8-23-9-10-24-17(21)6-5-15-13(3)16(11-19)18(22)20-14(15)4/h12H,5-10H2,1-4H3,(H,20,22). The number of H-pyrrole nitrogens is 1. The Morgan fingerprint density at radius 3 is 2.58 bits per heavy atom. The highest BCUT2D eigenvalue weighted by atomic mass is 16.6. The summed E-state index contributed by atoms with van der Waals surface area (Å²) in [5, 5.41) is 9.04. The molecule has 0 spiro atoms. The number of hydrogen-bond acceptors (Lipinski definition) is 5. The molecule has 0 aliphatic carbocycles. The van der Waals surface area contributed by atoms with E-state index >= 15 is 0 Å². The molecule has 0 aliphatic rings. The number of aromatic amines is 1. The third-order valence-corrected chi connectivity index (χ3v) is 3.83. The van der Waals surface area contributed by atoms with Crippen LogP contribution >= 0.6 is 0 Å². The molecule has 1 rings (SSSR count). The lowest BCUT2D eigenvalue weighted by Crippen LogP contribution is -2.18. The quantitative estimate of drug-likeness (QED) is 0.553. The van der Waals surface area contributed by atoms with Crippen LogP contribution in [0.3, 0.4) is 0 Å². The highest BCUT2D eigenvalue weighted by Crippen LogP contribution is 2.15. The molecule has 6 nitrogen and oxygen atoms in total. The van der Waals surface area contributed by atoms with Crippen LogP contribution in [-0.4, -0.2) is 30.8 Å². The van der Waals surface area contributed by atoms with Crippen molar-refractivity contribution in [3.05, 3.63) is 32.7 Å². The minimum Gasteiger partial charge on any atom is -0.463 e. The molecule has 0 fully saturated rings. The van der Waals surface area contributed by atoms with Gasteiger partial charge in [0.1, 0.15) is 18.2 Å². The maximum Gasteiger partial charge on any atom is 0.306 e. The van der Waals surface area contributed by atoms with Crippen molar-refractivity contribution >= 4 is 5.97 Å². The van der Waals surface area contributed by atoms with Crippen LogP contribution < -0.4 is 5.56 Å². The van der Waals surface area contributed by atoms with Crippen LogP contribution in [0.5, 0.6) is 0 Å². The minimum absolute atomic E-state index is 0.0996. The van der Waals surface area contributed by atoms with E-state index in [2.05, 4.69) is 18.8 Å². The number of pyridine rings is 1. The molecule has 0 aromatic carbocycles. The number of esters is 1. The van der Waals surface area contributed by atoms with Gasteiger partial charge in [0.25, 0.3) is 5.56 Å². The maximum absolute atomic E-state index is 11.8. The Balaban J connectivity index is 2.43. The molecule has 1 aromatic heterocycles. The predicted octanol–water partition coefficient (Wildman–Crippen LogP) is 2.40. The zero-order chi connectivity index (χ0) is 18.1.